The number of hydrogen-bond donors (Lipinski definition) is 1. The molecule has 0 saturated carbocycles. The minimum absolute atomic E-state index is 0.663. The van der Waals surface area contributed by atoms with Crippen molar-refractivity contribution in [1.29, 1.82) is 0 Å². The maximum absolute atomic E-state index is 4.50. The van der Waals surface area contributed by atoms with E-state index in [1.807, 2.05) is 17.5 Å². The second-order valence-electron chi connectivity index (χ2n) is 4.09. The van der Waals surface area contributed by atoms with Gasteiger partial charge in [-0.1, -0.05) is 0 Å². The molecule has 1 unspecified atom stereocenters. The highest BCUT2D eigenvalue weighted by Crippen LogP contribution is 2.26. The van der Waals surface area contributed by atoms with Gasteiger partial charge in [-0.15, -0.1) is 11.3 Å². The van der Waals surface area contributed by atoms with Gasteiger partial charge in [0.1, 0.15) is 0 Å². The molecule has 1 aromatic rings. The van der Waals surface area contributed by atoms with Gasteiger partial charge in [0.25, 0.3) is 0 Å². The Morgan fingerprint density at radius 3 is 3.14 bits per heavy atom. The van der Waals surface area contributed by atoms with Crippen molar-refractivity contribution in [3.8, 4) is 0 Å². The van der Waals surface area contributed by atoms with Crippen LogP contribution in [0.3, 0.4) is 0 Å². The Hall–Kier alpha value is -0.450. The summed E-state index contributed by atoms with van der Waals surface area (Å²) in [6, 6.07) is 0. The first-order valence-electron chi connectivity index (χ1n) is 5.06. The Labute approximate surface area is 89.1 Å². The number of rotatable bonds is 3. The molecular weight excluding hydrogens is 194 g/mol. The first-order valence-corrected chi connectivity index (χ1v) is 5.87. The van der Waals surface area contributed by atoms with Crippen LogP contribution in [0.4, 0.5) is 0 Å². The van der Waals surface area contributed by atoms with E-state index < -0.39 is 0 Å². The number of hydrogen-bond acceptors (Lipinski definition) is 4. The van der Waals surface area contributed by atoms with E-state index in [1.165, 1.54) is 16.3 Å². The van der Waals surface area contributed by atoms with E-state index in [1.54, 1.807) is 0 Å². The van der Waals surface area contributed by atoms with Crippen LogP contribution in [0.25, 0.3) is 0 Å². The van der Waals surface area contributed by atoms with Crippen LogP contribution in [0.15, 0.2) is 6.20 Å². The maximum Gasteiger partial charge on any atom is 0.0972 e. The predicted molar refractivity (Wildman–Crippen MR) is 59.7 cm³/mol. The minimum Gasteiger partial charge on any atom is -0.316 e. The number of aromatic nitrogens is 1. The fourth-order valence-electron chi connectivity index (χ4n) is 1.76. The molecule has 78 valence electrons. The van der Waals surface area contributed by atoms with Gasteiger partial charge in [0.15, 0.2) is 0 Å². The summed E-state index contributed by atoms with van der Waals surface area (Å²) < 4.78 is 0. The van der Waals surface area contributed by atoms with Gasteiger partial charge in [-0.3, -0.25) is 0 Å². The molecule has 0 aliphatic carbocycles. The Morgan fingerprint density at radius 1 is 1.64 bits per heavy atom. The molecule has 14 heavy (non-hydrogen) atoms. The molecule has 3 nitrogen and oxygen atoms in total. The molecule has 0 radical (unpaired) electrons. The molecule has 1 aliphatic heterocycles. The summed E-state index contributed by atoms with van der Waals surface area (Å²) in [5, 5.41) is 4.69. The third-order valence-electron chi connectivity index (χ3n) is 2.45. The smallest absolute Gasteiger partial charge is 0.0972 e. The van der Waals surface area contributed by atoms with Crippen molar-refractivity contribution in [2.24, 2.45) is 0 Å². The standard InChI is InChI=1S/C10H17N3S/c1-13(2)7-9-6-12-10(14-9)8-3-4-11-5-8/h6,8,11H,3-5,7H2,1-2H3. The first kappa shape index (κ1) is 10.1. The first-order chi connectivity index (χ1) is 6.75. The van der Waals surface area contributed by atoms with Crippen LogP contribution >= 0.6 is 11.3 Å². The van der Waals surface area contributed by atoms with Crippen molar-refractivity contribution in [3.05, 3.63) is 16.1 Å². The Morgan fingerprint density at radius 2 is 2.50 bits per heavy atom. The minimum atomic E-state index is 0.663. The summed E-state index contributed by atoms with van der Waals surface area (Å²) in [7, 11) is 4.19. The van der Waals surface area contributed by atoms with Crippen molar-refractivity contribution < 1.29 is 0 Å². The van der Waals surface area contributed by atoms with Crippen LogP contribution in [-0.4, -0.2) is 37.1 Å². The molecule has 1 saturated heterocycles. The van der Waals surface area contributed by atoms with Crippen LogP contribution < -0.4 is 5.32 Å². The summed E-state index contributed by atoms with van der Waals surface area (Å²) in [6.07, 6.45) is 3.27. The molecule has 1 aliphatic rings. The number of nitrogens with one attached hydrogen (secondary N) is 1. The van der Waals surface area contributed by atoms with E-state index in [0.29, 0.717) is 5.92 Å². The molecule has 1 fully saturated rings. The summed E-state index contributed by atoms with van der Waals surface area (Å²) in [6.45, 7) is 3.26. The van der Waals surface area contributed by atoms with Crippen molar-refractivity contribution in [3.63, 3.8) is 0 Å². The largest absolute Gasteiger partial charge is 0.316 e. The van der Waals surface area contributed by atoms with E-state index in [-0.39, 0.29) is 0 Å². The number of thiazole rings is 1. The maximum atomic E-state index is 4.50. The molecule has 0 aromatic carbocycles. The molecule has 0 amide bonds. The highest BCUT2D eigenvalue weighted by atomic mass is 32.1. The van der Waals surface area contributed by atoms with Gasteiger partial charge >= 0.3 is 0 Å². The van der Waals surface area contributed by atoms with Gasteiger partial charge in [0.05, 0.1) is 5.01 Å². The van der Waals surface area contributed by atoms with Gasteiger partial charge in [-0.2, -0.15) is 0 Å². The Bertz CT molecular complexity index is 289. The van der Waals surface area contributed by atoms with Crippen molar-refractivity contribution in [2.45, 2.75) is 18.9 Å². The van der Waals surface area contributed by atoms with E-state index in [2.05, 4.69) is 29.3 Å². The molecule has 1 N–H and O–H groups in total. The van der Waals surface area contributed by atoms with Crippen molar-refractivity contribution >= 4 is 11.3 Å². The van der Waals surface area contributed by atoms with Gasteiger partial charge in [0, 0.05) is 30.1 Å². The second-order valence-corrected chi connectivity index (χ2v) is 5.24. The monoisotopic (exact) mass is 211 g/mol. The fraction of sp³-hybridized carbons (Fsp3) is 0.700. The Kier molecular flexibility index (Phi) is 3.15. The lowest BCUT2D eigenvalue weighted by molar-refractivity contribution is 0.406. The van der Waals surface area contributed by atoms with Crippen LogP contribution in [0.2, 0.25) is 0 Å². The molecule has 0 spiro atoms. The van der Waals surface area contributed by atoms with Crippen LogP contribution in [0.1, 0.15) is 22.2 Å². The SMILES string of the molecule is CN(C)Cc1cnc(C2CCNC2)s1. The molecule has 2 rings (SSSR count). The average molecular weight is 211 g/mol. The predicted octanol–water partition coefficient (Wildman–Crippen LogP) is 1.28. The lowest BCUT2D eigenvalue weighted by Gasteiger charge is -2.06. The van der Waals surface area contributed by atoms with Gasteiger partial charge in [-0.05, 0) is 27.1 Å². The normalized spacial score (nSPS) is 22.1. The Balaban J connectivity index is 2.01. The van der Waals surface area contributed by atoms with Crippen LogP contribution in [0.5, 0.6) is 0 Å². The third kappa shape index (κ3) is 2.32. The summed E-state index contributed by atoms with van der Waals surface area (Å²) in [5.74, 6) is 0.663. The summed E-state index contributed by atoms with van der Waals surface area (Å²) in [4.78, 5) is 8.06. The summed E-state index contributed by atoms with van der Waals surface area (Å²) in [5.41, 5.74) is 0. The zero-order valence-electron chi connectivity index (χ0n) is 8.79. The van der Waals surface area contributed by atoms with Crippen LogP contribution in [0, 0.1) is 0 Å². The van der Waals surface area contributed by atoms with Crippen molar-refractivity contribution in [2.75, 3.05) is 27.2 Å². The molecule has 2 heterocycles. The molecule has 4 heteroatoms. The zero-order chi connectivity index (χ0) is 9.97. The van der Waals surface area contributed by atoms with Crippen molar-refractivity contribution in [1.82, 2.24) is 15.2 Å². The topological polar surface area (TPSA) is 28.2 Å². The average Bonchev–Trinajstić information content (AvgIpc) is 2.69. The quantitative estimate of drug-likeness (QED) is 0.816. The fourth-order valence-corrected chi connectivity index (χ4v) is 2.93. The van der Waals surface area contributed by atoms with E-state index in [4.69, 9.17) is 0 Å². The van der Waals surface area contributed by atoms with Crippen LogP contribution in [-0.2, 0) is 6.54 Å². The summed E-state index contributed by atoms with van der Waals surface area (Å²) >= 11 is 1.87. The molecule has 1 atom stereocenters. The molecule has 1 aromatic heterocycles. The van der Waals surface area contributed by atoms with E-state index in [0.717, 1.165) is 19.6 Å². The van der Waals surface area contributed by atoms with Gasteiger partial charge < -0.3 is 10.2 Å². The van der Waals surface area contributed by atoms with Gasteiger partial charge in [-0.25, -0.2) is 4.98 Å². The third-order valence-corrected chi connectivity index (χ3v) is 3.60. The van der Waals surface area contributed by atoms with E-state index in [9.17, 15) is 0 Å². The second kappa shape index (κ2) is 4.38. The zero-order valence-corrected chi connectivity index (χ0v) is 9.60. The molecular formula is C10H17N3S. The highest BCUT2D eigenvalue weighted by molar-refractivity contribution is 7.11. The van der Waals surface area contributed by atoms with Gasteiger partial charge in [0.2, 0.25) is 0 Å². The highest BCUT2D eigenvalue weighted by Gasteiger charge is 2.19. The number of nitrogens with zero attached hydrogens (tertiary/aromatic N) is 2. The molecule has 0 bridgehead atoms. The lowest BCUT2D eigenvalue weighted by Crippen LogP contribution is -2.09. The lowest BCUT2D eigenvalue weighted by atomic mass is 10.1. The van der Waals surface area contributed by atoms with E-state index >= 15 is 0 Å².